The van der Waals surface area contributed by atoms with Crippen molar-refractivity contribution in [3.05, 3.63) is 49.0 Å². The van der Waals surface area contributed by atoms with Crippen molar-refractivity contribution in [1.29, 1.82) is 0 Å². The molecule has 0 aliphatic carbocycles. The summed E-state index contributed by atoms with van der Waals surface area (Å²) in [6.45, 7) is 3.09. The van der Waals surface area contributed by atoms with Gasteiger partial charge in [0.2, 0.25) is 0 Å². The first kappa shape index (κ1) is 18.3. The van der Waals surface area contributed by atoms with Crippen molar-refractivity contribution < 1.29 is 4.79 Å². The van der Waals surface area contributed by atoms with Crippen LogP contribution < -0.4 is 10.9 Å². The van der Waals surface area contributed by atoms with Crippen molar-refractivity contribution in [2.75, 3.05) is 20.6 Å². The molecular formula is C19H22N4O2S2. The van der Waals surface area contributed by atoms with Gasteiger partial charge in [-0.15, -0.1) is 22.7 Å². The van der Waals surface area contributed by atoms with E-state index >= 15 is 0 Å². The monoisotopic (exact) mass is 402 g/mol. The van der Waals surface area contributed by atoms with E-state index in [0.717, 1.165) is 30.8 Å². The molecule has 1 amide bonds. The Morgan fingerprint density at radius 1 is 1.44 bits per heavy atom. The van der Waals surface area contributed by atoms with Gasteiger partial charge >= 0.3 is 0 Å². The molecule has 0 bridgehead atoms. The van der Waals surface area contributed by atoms with E-state index in [9.17, 15) is 9.59 Å². The predicted octanol–water partition coefficient (Wildman–Crippen LogP) is 2.81. The van der Waals surface area contributed by atoms with Gasteiger partial charge in [-0.3, -0.25) is 14.2 Å². The second-order valence-electron chi connectivity index (χ2n) is 7.03. The van der Waals surface area contributed by atoms with Crippen molar-refractivity contribution in [2.24, 2.45) is 0 Å². The number of rotatable bonds is 5. The molecule has 0 aromatic carbocycles. The smallest absolute Gasteiger partial charge is 0.262 e. The Labute approximate surface area is 165 Å². The summed E-state index contributed by atoms with van der Waals surface area (Å²) < 4.78 is 1.75. The van der Waals surface area contributed by atoms with E-state index in [-0.39, 0.29) is 17.5 Å². The Morgan fingerprint density at radius 3 is 2.96 bits per heavy atom. The summed E-state index contributed by atoms with van der Waals surface area (Å²) in [6.07, 6.45) is 1.79. The van der Waals surface area contributed by atoms with Crippen LogP contribution in [-0.2, 0) is 13.0 Å². The van der Waals surface area contributed by atoms with Crippen LogP contribution in [-0.4, -0.2) is 41.0 Å². The third-order valence-corrected chi connectivity index (χ3v) is 7.23. The maximum absolute atomic E-state index is 12.8. The van der Waals surface area contributed by atoms with Gasteiger partial charge in [-0.2, -0.15) is 0 Å². The number of likely N-dealkylation sites (N-methyl/N-ethyl adjacent to an activating group) is 1. The fourth-order valence-electron chi connectivity index (χ4n) is 3.58. The molecule has 0 saturated carbocycles. The van der Waals surface area contributed by atoms with Crippen LogP contribution in [0.2, 0.25) is 0 Å². The number of hydrogen-bond donors (Lipinski definition) is 1. The van der Waals surface area contributed by atoms with Gasteiger partial charge in [0.1, 0.15) is 10.7 Å². The third-order valence-electron chi connectivity index (χ3n) is 5.07. The molecule has 1 atom stereocenters. The molecule has 8 heteroatoms. The number of thiophene rings is 2. The summed E-state index contributed by atoms with van der Waals surface area (Å²) in [7, 11) is 4.02. The molecule has 1 aliphatic heterocycles. The first-order valence-electron chi connectivity index (χ1n) is 8.98. The molecule has 3 aromatic heterocycles. The molecule has 1 N–H and O–H groups in total. The van der Waals surface area contributed by atoms with E-state index in [1.807, 2.05) is 32.5 Å². The van der Waals surface area contributed by atoms with Crippen molar-refractivity contribution in [2.45, 2.75) is 32.4 Å². The van der Waals surface area contributed by atoms with Crippen LogP contribution in [0.4, 0.5) is 0 Å². The number of hydrogen-bond acceptors (Lipinski definition) is 6. The third kappa shape index (κ3) is 3.22. The average Bonchev–Trinajstić information content (AvgIpc) is 3.35. The van der Waals surface area contributed by atoms with E-state index in [4.69, 9.17) is 0 Å². The maximum Gasteiger partial charge on any atom is 0.262 e. The lowest BCUT2D eigenvalue weighted by atomic mass is 10.2. The highest BCUT2D eigenvalue weighted by molar-refractivity contribution is 7.20. The van der Waals surface area contributed by atoms with Crippen LogP contribution in [0, 0.1) is 6.92 Å². The molecular weight excluding hydrogens is 380 g/mol. The van der Waals surface area contributed by atoms with Gasteiger partial charge in [0, 0.05) is 24.4 Å². The minimum atomic E-state index is -0.136. The zero-order valence-corrected chi connectivity index (χ0v) is 17.2. The highest BCUT2D eigenvalue weighted by Crippen LogP contribution is 2.29. The highest BCUT2D eigenvalue weighted by atomic mass is 32.1. The summed E-state index contributed by atoms with van der Waals surface area (Å²) in [5.41, 5.74) is 0.731. The number of aryl methyl sites for hydroxylation is 2. The number of fused-ring (bicyclic) bond motifs is 2. The van der Waals surface area contributed by atoms with E-state index in [0.29, 0.717) is 21.6 Å². The molecule has 0 spiro atoms. The van der Waals surface area contributed by atoms with E-state index in [1.54, 1.807) is 15.9 Å². The van der Waals surface area contributed by atoms with E-state index < -0.39 is 0 Å². The topological polar surface area (TPSA) is 67.2 Å². The van der Waals surface area contributed by atoms with Gasteiger partial charge in [0.15, 0.2) is 0 Å². The second kappa shape index (κ2) is 7.18. The maximum atomic E-state index is 12.8. The average molecular weight is 403 g/mol. The number of aromatic nitrogens is 2. The molecule has 1 unspecified atom stereocenters. The lowest BCUT2D eigenvalue weighted by Crippen LogP contribution is -2.34. The highest BCUT2D eigenvalue weighted by Gasteiger charge is 2.24. The molecule has 0 radical (unpaired) electrons. The van der Waals surface area contributed by atoms with Gasteiger partial charge in [0.25, 0.3) is 11.5 Å². The van der Waals surface area contributed by atoms with Gasteiger partial charge in [0.05, 0.1) is 16.3 Å². The summed E-state index contributed by atoms with van der Waals surface area (Å²) in [5, 5.41) is 5.69. The standard InChI is InChI=1S/C19H22N4O2S2/c1-11-15-18(21-14-7-4-8-23(14)19(15)25)27-16(11)17(24)20-10-12(22(2)3)13-6-5-9-26-13/h5-6,9,12H,4,7-8,10H2,1-3H3,(H,20,24). The Bertz CT molecular complexity index is 1050. The van der Waals surface area contributed by atoms with Crippen LogP contribution in [0.1, 0.15) is 38.4 Å². The number of carbonyl (C=O) groups is 1. The molecule has 0 saturated heterocycles. The summed E-state index contributed by atoms with van der Waals surface area (Å²) >= 11 is 3.01. The van der Waals surface area contributed by atoms with Crippen LogP contribution in [0.5, 0.6) is 0 Å². The molecule has 1 aliphatic rings. The first-order chi connectivity index (χ1) is 13.0. The SMILES string of the molecule is Cc1c(C(=O)NCC(c2cccs2)N(C)C)sc2nc3n(c(=O)c12)CCC3. The van der Waals surface area contributed by atoms with Gasteiger partial charge in [-0.1, -0.05) is 6.07 Å². The lowest BCUT2D eigenvalue weighted by Gasteiger charge is -2.23. The first-order valence-corrected chi connectivity index (χ1v) is 10.7. The van der Waals surface area contributed by atoms with Crippen LogP contribution in [0.25, 0.3) is 10.2 Å². The molecule has 27 heavy (non-hydrogen) atoms. The molecule has 3 aromatic rings. The van der Waals surface area contributed by atoms with Crippen molar-refractivity contribution in [3.63, 3.8) is 0 Å². The molecule has 6 nitrogen and oxygen atoms in total. The van der Waals surface area contributed by atoms with Crippen LogP contribution in [0.15, 0.2) is 22.3 Å². The zero-order chi connectivity index (χ0) is 19.1. The predicted molar refractivity (Wildman–Crippen MR) is 110 cm³/mol. The molecule has 4 rings (SSSR count). The van der Waals surface area contributed by atoms with E-state index in [1.165, 1.54) is 16.2 Å². The fourth-order valence-corrected chi connectivity index (χ4v) is 5.61. The number of carbonyl (C=O) groups excluding carboxylic acids is 1. The molecule has 142 valence electrons. The number of nitrogens with zero attached hydrogens (tertiary/aromatic N) is 3. The summed E-state index contributed by atoms with van der Waals surface area (Å²) in [6, 6.07) is 4.22. The van der Waals surface area contributed by atoms with Crippen molar-refractivity contribution in [1.82, 2.24) is 19.8 Å². The normalized spacial score (nSPS) is 14.7. The molecule has 4 heterocycles. The van der Waals surface area contributed by atoms with Crippen molar-refractivity contribution in [3.8, 4) is 0 Å². The second-order valence-corrected chi connectivity index (χ2v) is 9.01. The van der Waals surface area contributed by atoms with Crippen LogP contribution >= 0.6 is 22.7 Å². The zero-order valence-electron chi connectivity index (χ0n) is 15.6. The Hall–Kier alpha value is -2.03. The minimum Gasteiger partial charge on any atom is -0.349 e. The van der Waals surface area contributed by atoms with Crippen LogP contribution in [0.3, 0.4) is 0 Å². The fraction of sp³-hybridized carbons (Fsp3) is 0.421. The minimum absolute atomic E-state index is 0.00921. The quantitative estimate of drug-likeness (QED) is 0.713. The van der Waals surface area contributed by atoms with E-state index in [2.05, 4.69) is 21.3 Å². The lowest BCUT2D eigenvalue weighted by molar-refractivity contribution is 0.0946. The number of nitrogens with one attached hydrogen (secondary N) is 1. The molecule has 0 fully saturated rings. The number of amides is 1. The Morgan fingerprint density at radius 2 is 2.26 bits per heavy atom. The van der Waals surface area contributed by atoms with Gasteiger partial charge in [-0.05, 0) is 44.4 Å². The van der Waals surface area contributed by atoms with Gasteiger partial charge in [-0.25, -0.2) is 4.98 Å². The summed E-state index contributed by atoms with van der Waals surface area (Å²) in [4.78, 5) is 34.8. The Balaban J connectivity index is 1.61. The largest absolute Gasteiger partial charge is 0.349 e. The van der Waals surface area contributed by atoms with Crippen molar-refractivity contribution >= 4 is 38.8 Å². The Kier molecular flexibility index (Phi) is 4.88. The van der Waals surface area contributed by atoms with Gasteiger partial charge < -0.3 is 10.2 Å². The summed E-state index contributed by atoms with van der Waals surface area (Å²) in [5.74, 6) is 0.703.